The van der Waals surface area contributed by atoms with Crippen LogP contribution >= 0.6 is 0 Å². The highest BCUT2D eigenvalue weighted by atomic mass is 16.5. The van der Waals surface area contributed by atoms with Crippen LogP contribution in [0.5, 0.6) is 5.75 Å². The first kappa shape index (κ1) is 10.7. The van der Waals surface area contributed by atoms with E-state index in [1.807, 2.05) is 19.1 Å². The molecule has 0 spiro atoms. The monoisotopic (exact) mass is 188 g/mol. The van der Waals surface area contributed by atoms with E-state index in [0.717, 1.165) is 11.3 Å². The van der Waals surface area contributed by atoms with Crippen LogP contribution in [0.3, 0.4) is 0 Å². The summed E-state index contributed by atoms with van der Waals surface area (Å²) in [4.78, 5) is 0. The van der Waals surface area contributed by atoms with Crippen molar-refractivity contribution in [3.63, 3.8) is 0 Å². The number of hydrogen-bond acceptors (Lipinski definition) is 1. The summed E-state index contributed by atoms with van der Waals surface area (Å²) in [5.41, 5.74) is 2.03. The summed E-state index contributed by atoms with van der Waals surface area (Å²) in [7, 11) is 0. The fraction of sp³-hybridized carbons (Fsp3) is 0.385. The van der Waals surface area contributed by atoms with Crippen molar-refractivity contribution in [2.24, 2.45) is 0 Å². The van der Waals surface area contributed by atoms with Gasteiger partial charge < -0.3 is 4.74 Å². The second-order valence-corrected chi connectivity index (χ2v) is 3.46. The highest BCUT2D eigenvalue weighted by molar-refractivity contribution is 5.50. The number of terminal acetylenes is 1. The molecule has 1 aromatic rings. The molecule has 0 amide bonds. The fourth-order valence-corrected chi connectivity index (χ4v) is 1.43. The zero-order valence-electron chi connectivity index (χ0n) is 9.00. The molecule has 0 unspecified atom stereocenters. The summed E-state index contributed by atoms with van der Waals surface area (Å²) in [6.45, 7) is 6.89. The normalized spacial score (nSPS) is 9.93. The van der Waals surface area contributed by atoms with Crippen molar-refractivity contribution in [3.8, 4) is 18.1 Å². The van der Waals surface area contributed by atoms with Gasteiger partial charge in [0.1, 0.15) is 5.75 Å². The quantitative estimate of drug-likeness (QED) is 0.662. The summed E-state index contributed by atoms with van der Waals surface area (Å²) in [6, 6.07) is 5.96. The first-order valence-electron chi connectivity index (χ1n) is 4.93. The van der Waals surface area contributed by atoms with E-state index in [2.05, 4.69) is 25.8 Å². The van der Waals surface area contributed by atoms with Gasteiger partial charge in [0.25, 0.3) is 0 Å². The molecule has 1 nitrogen and oxygen atoms in total. The lowest BCUT2D eigenvalue weighted by Gasteiger charge is -2.14. The van der Waals surface area contributed by atoms with Crippen molar-refractivity contribution in [3.05, 3.63) is 29.3 Å². The molecule has 0 aliphatic rings. The van der Waals surface area contributed by atoms with Gasteiger partial charge in [-0.3, -0.25) is 0 Å². The highest BCUT2D eigenvalue weighted by Crippen LogP contribution is 2.29. The lowest BCUT2D eigenvalue weighted by Crippen LogP contribution is -2.00. The first-order chi connectivity index (χ1) is 6.70. The molecule has 74 valence electrons. The molecule has 0 atom stereocenters. The minimum absolute atomic E-state index is 0.435. The highest BCUT2D eigenvalue weighted by Gasteiger charge is 2.10. The third kappa shape index (κ3) is 2.09. The molecule has 1 aromatic carbocycles. The average molecular weight is 188 g/mol. The van der Waals surface area contributed by atoms with Gasteiger partial charge in [-0.2, -0.15) is 0 Å². The molecule has 0 saturated carbocycles. The third-order valence-corrected chi connectivity index (χ3v) is 2.11. The molecule has 0 N–H and O–H groups in total. The van der Waals surface area contributed by atoms with Gasteiger partial charge in [-0.15, -0.1) is 6.42 Å². The summed E-state index contributed by atoms with van der Waals surface area (Å²) >= 11 is 0. The van der Waals surface area contributed by atoms with Crippen LogP contribution in [0.15, 0.2) is 18.2 Å². The lowest BCUT2D eigenvalue weighted by atomic mass is 9.99. The molecule has 14 heavy (non-hydrogen) atoms. The molecule has 0 fully saturated rings. The maximum Gasteiger partial charge on any atom is 0.138 e. The van der Waals surface area contributed by atoms with E-state index in [9.17, 15) is 0 Å². The Bertz CT molecular complexity index is 345. The molecule has 1 heteroatoms. The zero-order chi connectivity index (χ0) is 10.6. The molecule has 1 rings (SSSR count). The Morgan fingerprint density at radius 1 is 1.43 bits per heavy atom. The topological polar surface area (TPSA) is 9.23 Å². The van der Waals surface area contributed by atoms with Gasteiger partial charge in [-0.1, -0.05) is 31.9 Å². The summed E-state index contributed by atoms with van der Waals surface area (Å²) in [6.07, 6.45) is 5.42. The maximum atomic E-state index is 5.58. The van der Waals surface area contributed by atoms with Crippen LogP contribution in [0.4, 0.5) is 0 Å². The molecular weight excluding hydrogens is 172 g/mol. The Hall–Kier alpha value is -1.42. The molecule has 0 radical (unpaired) electrons. The van der Waals surface area contributed by atoms with Crippen molar-refractivity contribution < 1.29 is 4.74 Å². The Labute approximate surface area is 86.1 Å². The van der Waals surface area contributed by atoms with Crippen molar-refractivity contribution in [2.75, 3.05) is 6.61 Å². The van der Waals surface area contributed by atoms with Gasteiger partial charge >= 0.3 is 0 Å². The van der Waals surface area contributed by atoms with Crippen LogP contribution < -0.4 is 4.74 Å². The van der Waals surface area contributed by atoms with Gasteiger partial charge in [-0.25, -0.2) is 0 Å². The van der Waals surface area contributed by atoms with E-state index in [4.69, 9.17) is 11.2 Å². The van der Waals surface area contributed by atoms with Crippen LogP contribution in [-0.2, 0) is 0 Å². The van der Waals surface area contributed by atoms with E-state index in [1.165, 1.54) is 5.56 Å². The minimum Gasteiger partial charge on any atom is -0.492 e. The molecule has 0 aliphatic heterocycles. The number of hydrogen-bond donors (Lipinski definition) is 0. The van der Waals surface area contributed by atoms with Gasteiger partial charge in [0.2, 0.25) is 0 Å². The molecule has 0 heterocycles. The Kier molecular flexibility index (Phi) is 3.59. The average Bonchev–Trinajstić information content (AvgIpc) is 2.18. The second-order valence-electron chi connectivity index (χ2n) is 3.46. The van der Waals surface area contributed by atoms with Crippen LogP contribution in [0.2, 0.25) is 0 Å². The predicted molar refractivity (Wildman–Crippen MR) is 59.6 cm³/mol. The molecule has 0 bridgehead atoms. The van der Waals surface area contributed by atoms with E-state index >= 15 is 0 Å². The molecule has 0 aliphatic carbocycles. The van der Waals surface area contributed by atoms with Crippen molar-refractivity contribution >= 4 is 0 Å². The Morgan fingerprint density at radius 3 is 2.64 bits per heavy atom. The molecular formula is C13H16O. The smallest absolute Gasteiger partial charge is 0.138 e. The summed E-state index contributed by atoms with van der Waals surface area (Å²) in [5, 5.41) is 0. The van der Waals surface area contributed by atoms with Gasteiger partial charge in [0, 0.05) is 0 Å². The standard InChI is InChI=1S/C13H16O/c1-5-11-8-7-9-12(10(3)4)13(11)14-6-2/h1,7-10H,6H2,2-4H3. The van der Waals surface area contributed by atoms with Gasteiger partial charge in [-0.05, 0) is 24.5 Å². The van der Waals surface area contributed by atoms with E-state index in [0.29, 0.717) is 12.5 Å². The zero-order valence-corrected chi connectivity index (χ0v) is 9.00. The van der Waals surface area contributed by atoms with Crippen molar-refractivity contribution in [1.29, 1.82) is 0 Å². The van der Waals surface area contributed by atoms with E-state index in [1.54, 1.807) is 0 Å². The van der Waals surface area contributed by atoms with Crippen molar-refractivity contribution in [1.82, 2.24) is 0 Å². The SMILES string of the molecule is C#Cc1cccc(C(C)C)c1OCC. The number of benzene rings is 1. The number of rotatable bonds is 3. The molecule has 0 saturated heterocycles. The van der Waals surface area contributed by atoms with Crippen LogP contribution in [-0.4, -0.2) is 6.61 Å². The minimum atomic E-state index is 0.435. The second kappa shape index (κ2) is 4.72. The van der Waals surface area contributed by atoms with Crippen LogP contribution in [0.25, 0.3) is 0 Å². The summed E-state index contributed by atoms with van der Waals surface area (Å²) in [5.74, 6) is 3.95. The van der Waals surface area contributed by atoms with Gasteiger partial charge in [0.05, 0.1) is 12.2 Å². The number of ether oxygens (including phenoxy) is 1. The maximum absolute atomic E-state index is 5.58. The van der Waals surface area contributed by atoms with Crippen LogP contribution in [0, 0.1) is 12.3 Å². The summed E-state index contributed by atoms with van der Waals surface area (Å²) < 4.78 is 5.58. The Morgan fingerprint density at radius 2 is 2.14 bits per heavy atom. The predicted octanol–water partition coefficient (Wildman–Crippen LogP) is 3.19. The van der Waals surface area contributed by atoms with Crippen LogP contribution in [0.1, 0.15) is 37.8 Å². The Balaban J connectivity index is 3.22. The third-order valence-electron chi connectivity index (χ3n) is 2.11. The van der Waals surface area contributed by atoms with Crippen molar-refractivity contribution in [2.45, 2.75) is 26.7 Å². The largest absolute Gasteiger partial charge is 0.492 e. The van der Waals surface area contributed by atoms with Gasteiger partial charge in [0.15, 0.2) is 0 Å². The van der Waals surface area contributed by atoms with E-state index < -0.39 is 0 Å². The molecule has 0 aromatic heterocycles. The van der Waals surface area contributed by atoms with E-state index in [-0.39, 0.29) is 0 Å². The lowest BCUT2D eigenvalue weighted by molar-refractivity contribution is 0.334. The first-order valence-corrected chi connectivity index (χ1v) is 4.93. The number of para-hydroxylation sites is 1. The fourth-order valence-electron chi connectivity index (χ4n) is 1.43.